The average molecular weight is 390 g/mol. The van der Waals surface area contributed by atoms with Gasteiger partial charge in [0.1, 0.15) is 5.69 Å². The molecule has 1 aromatic carbocycles. The molecule has 3 aromatic rings. The number of hydrogen-bond donors (Lipinski definition) is 0. The molecule has 3 fully saturated rings. The first-order valence-electron chi connectivity index (χ1n) is 11.0. The Bertz CT molecular complexity index is 1010. The number of fused-ring (bicyclic) bond motifs is 2. The highest BCUT2D eigenvalue weighted by atomic mass is 16.5. The van der Waals surface area contributed by atoms with Gasteiger partial charge >= 0.3 is 0 Å². The summed E-state index contributed by atoms with van der Waals surface area (Å²) in [6, 6.07) is 12.4. The summed E-state index contributed by atoms with van der Waals surface area (Å²) in [4.78, 5) is 7.35. The molecule has 0 bridgehead atoms. The van der Waals surface area contributed by atoms with Crippen LogP contribution in [-0.2, 0) is 11.3 Å². The minimum atomic E-state index is 0.242. The van der Waals surface area contributed by atoms with Crippen LogP contribution >= 0.6 is 0 Å². The summed E-state index contributed by atoms with van der Waals surface area (Å²) in [6.45, 7) is 3.89. The van der Waals surface area contributed by atoms with E-state index in [4.69, 9.17) is 9.72 Å². The molecule has 2 aromatic heterocycles. The molecule has 6 rings (SSSR count). The zero-order chi connectivity index (χ0) is 19.2. The van der Waals surface area contributed by atoms with Crippen molar-refractivity contribution in [2.45, 2.75) is 44.8 Å². The minimum Gasteiger partial charge on any atom is -0.376 e. The molecule has 3 aliphatic rings. The van der Waals surface area contributed by atoms with Gasteiger partial charge in [0.2, 0.25) is 5.95 Å². The van der Waals surface area contributed by atoms with E-state index in [1.165, 1.54) is 19.3 Å². The van der Waals surface area contributed by atoms with Crippen LogP contribution in [0, 0.1) is 11.8 Å². The largest absolute Gasteiger partial charge is 0.376 e. The van der Waals surface area contributed by atoms with Gasteiger partial charge < -0.3 is 9.64 Å². The van der Waals surface area contributed by atoms with Crippen molar-refractivity contribution in [2.24, 2.45) is 11.8 Å². The molecule has 6 heteroatoms. The van der Waals surface area contributed by atoms with Crippen LogP contribution in [0.25, 0.3) is 22.4 Å². The summed E-state index contributed by atoms with van der Waals surface area (Å²) in [6.07, 6.45) is 6.59. The van der Waals surface area contributed by atoms with Crippen molar-refractivity contribution in [3.8, 4) is 11.5 Å². The van der Waals surface area contributed by atoms with Crippen molar-refractivity contribution in [2.75, 3.05) is 24.6 Å². The monoisotopic (exact) mass is 389 g/mol. The van der Waals surface area contributed by atoms with E-state index in [9.17, 15) is 0 Å². The van der Waals surface area contributed by atoms with Crippen molar-refractivity contribution >= 4 is 16.9 Å². The fraction of sp³-hybridized carbons (Fsp3) is 0.522. The number of ether oxygens (including phenoxy) is 1. The van der Waals surface area contributed by atoms with Gasteiger partial charge in [0.15, 0.2) is 5.82 Å². The molecule has 0 radical (unpaired) electrons. The highest BCUT2D eigenvalue weighted by Crippen LogP contribution is 2.40. The number of rotatable bonds is 4. The van der Waals surface area contributed by atoms with Gasteiger partial charge in [-0.3, -0.25) is 4.57 Å². The van der Waals surface area contributed by atoms with Crippen molar-refractivity contribution in [1.29, 1.82) is 0 Å². The average Bonchev–Trinajstić information content (AvgIpc) is 3.52. The molecular weight excluding hydrogens is 362 g/mol. The van der Waals surface area contributed by atoms with E-state index in [-0.39, 0.29) is 6.10 Å². The first-order valence-corrected chi connectivity index (χ1v) is 11.0. The normalized spacial score (nSPS) is 26.5. The molecule has 2 aliphatic heterocycles. The number of benzene rings is 1. The Morgan fingerprint density at radius 3 is 2.62 bits per heavy atom. The van der Waals surface area contributed by atoms with Gasteiger partial charge in [-0.05, 0) is 49.7 Å². The standard InChI is InChI=1S/C23H27N5O/c1-2-9-20-16(5-1)10-11-21(24-20)22-25-26-23(28(22)15-19-8-4-12-29-19)27-13-17-6-3-7-18(17)14-27/h1-2,5,9-11,17-19H,3-4,6-8,12-15H2. The zero-order valence-electron chi connectivity index (χ0n) is 16.7. The number of pyridine rings is 1. The van der Waals surface area contributed by atoms with E-state index in [2.05, 4.69) is 43.9 Å². The molecule has 1 aliphatic carbocycles. The maximum absolute atomic E-state index is 5.96. The number of para-hydroxylation sites is 1. The summed E-state index contributed by atoms with van der Waals surface area (Å²) >= 11 is 0. The highest BCUT2D eigenvalue weighted by Gasteiger charge is 2.38. The van der Waals surface area contributed by atoms with E-state index in [0.717, 1.165) is 79.3 Å². The Labute approximate surface area is 170 Å². The SMILES string of the molecule is c1ccc2nc(-c3nnc(N4CC5CCCC5C4)n3CC3CCCO3)ccc2c1. The van der Waals surface area contributed by atoms with Gasteiger partial charge in [-0.1, -0.05) is 30.7 Å². The molecule has 1 saturated carbocycles. The van der Waals surface area contributed by atoms with E-state index in [1.807, 2.05) is 12.1 Å². The number of anilines is 1. The van der Waals surface area contributed by atoms with E-state index in [0.29, 0.717) is 0 Å². The number of hydrogen-bond acceptors (Lipinski definition) is 5. The quantitative estimate of drug-likeness (QED) is 0.677. The molecule has 3 atom stereocenters. The lowest BCUT2D eigenvalue weighted by Crippen LogP contribution is -2.27. The molecule has 4 heterocycles. The van der Waals surface area contributed by atoms with Crippen molar-refractivity contribution in [3.05, 3.63) is 36.4 Å². The van der Waals surface area contributed by atoms with Crippen LogP contribution in [0.3, 0.4) is 0 Å². The minimum absolute atomic E-state index is 0.242. The summed E-state index contributed by atoms with van der Waals surface area (Å²) in [5.74, 6) is 3.51. The van der Waals surface area contributed by atoms with E-state index >= 15 is 0 Å². The van der Waals surface area contributed by atoms with Gasteiger partial charge in [0, 0.05) is 25.1 Å². The topological polar surface area (TPSA) is 56.1 Å². The Hall–Kier alpha value is -2.47. The zero-order valence-corrected chi connectivity index (χ0v) is 16.7. The van der Waals surface area contributed by atoms with Gasteiger partial charge in [0.05, 0.1) is 18.2 Å². The molecule has 0 amide bonds. The fourth-order valence-electron chi connectivity index (χ4n) is 5.47. The first kappa shape index (κ1) is 17.4. The third kappa shape index (κ3) is 3.10. The molecule has 6 nitrogen and oxygen atoms in total. The van der Waals surface area contributed by atoms with Crippen LogP contribution in [-0.4, -0.2) is 45.5 Å². The van der Waals surface area contributed by atoms with Crippen molar-refractivity contribution in [3.63, 3.8) is 0 Å². The first-order chi connectivity index (χ1) is 14.3. The molecule has 0 N–H and O–H groups in total. The van der Waals surface area contributed by atoms with E-state index in [1.54, 1.807) is 0 Å². The third-order valence-electron chi connectivity index (χ3n) is 6.98. The van der Waals surface area contributed by atoms with Crippen LogP contribution in [0.5, 0.6) is 0 Å². The Balaban J connectivity index is 1.39. The van der Waals surface area contributed by atoms with Crippen LogP contribution in [0.1, 0.15) is 32.1 Å². The van der Waals surface area contributed by atoms with Gasteiger partial charge in [-0.25, -0.2) is 4.98 Å². The second-order valence-electron chi connectivity index (χ2n) is 8.81. The van der Waals surface area contributed by atoms with Crippen LogP contribution in [0.4, 0.5) is 5.95 Å². The number of nitrogens with zero attached hydrogens (tertiary/aromatic N) is 5. The third-order valence-corrected chi connectivity index (χ3v) is 6.98. The second-order valence-corrected chi connectivity index (χ2v) is 8.81. The predicted molar refractivity (Wildman–Crippen MR) is 113 cm³/mol. The maximum Gasteiger partial charge on any atom is 0.227 e. The molecular formula is C23H27N5O. The number of aromatic nitrogens is 4. The fourth-order valence-corrected chi connectivity index (χ4v) is 5.47. The second kappa shape index (κ2) is 7.10. The van der Waals surface area contributed by atoms with Crippen molar-refractivity contribution in [1.82, 2.24) is 19.7 Å². The lowest BCUT2D eigenvalue weighted by Gasteiger charge is -2.21. The molecule has 29 heavy (non-hydrogen) atoms. The van der Waals surface area contributed by atoms with E-state index < -0.39 is 0 Å². The molecule has 0 spiro atoms. The van der Waals surface area contributed by atoms with Crippen molar-refractivity contribution < 1.29 is 4.74 Å². The summed E-state index contributed by atoms with van der Waals surface area (Å²) in [7, 11) is 0. The van der Waals surface area contributed by atoms with Crippen LogP contribution in [0.15, 0.2) is 36.4 Å². The Kier molecular flexibility index (Phi) is 4.26. The van der Waals surface area contributed by atoms with Gasteiger partial charge in [-0.2, -0.15) is 0 Å². The molecule has 150 valence electrons. The van der Waals surface area contributed by atoms with Crippen LogP contribution < -0.4 is 4.90 Å². The Morgan fingerprint density at radius 2 is 1.79 bits per heavy atom. The Morgan fingerprint density at radius 1 is 0.931 bits per heavy atom. The summed E-state index contributed by atoms with van der Waals surface area (Å²) in [5.41, 5.74) is 1.88. The smallest absolute Gasteiger partial charge is 0.227 e. The predicted octanol–water partition coefficient (Wildman–Crippen LogP) is 3.91. The summed E-state index contributed by atoms with van der Waals surface area (Å²) in [5, 5.41) is 10.4. The molecule has 2 saturated heterocycles. The van der Waals surface area contributed by atoms with Gasteiger partial charge in [-0.15, -0.1) is 10.2 Å². The van der Waals surface area contributed by atoms with Gasteiger partial charge in [0.25, 0.3) is 0 Å². The maximum atomic E-state index is 5.96. The highest BCUT2D eigenvalue weighted by molar-refractivity contribution is 5.80. The lowest BCUT2D eigenvalue weighted by molar-refractivity contribution is 0.0975. The van der Waals surface area contributed by atoms with Crippen LogP contribution in [0.2, 0.25) is 0 Å². The summed E-state index contributed by atoms with van der Waals surface area (Å²) < 4.78 is 8.24. The lowest BCUT2D eigenvalue weighted by atomic mass is 10.0. The molecule has 3 unspecified atom stereocenters.